The molecule has 0 aromatic rings. The summed E-state index contributed by atoms with van der Waals surface area (Å²) in [5.74, 6) is 0. The molecule has 1 fully saturated rings. The highest BCUT2D eigenvalue weighted by Gasteiger charge is 2.34. The highest BCUT2D eigenvalue weighted by Crippen LogP contribution is 2.29. The summed E-state index contributed by atoms with van der Waals surface area (Å²) >= 11 is 0. The van der Waals surface area contributed by atoms with Gasteiger partial charge in [-0.25, -0.2) is 0 Å². The topological polar surface area (TPSA) is 21.7 Å². The average molecular weight is 618 g/mol. The van der Waals surface area contributed by atoms with E-state index in [1.807, 2.05) is 0 Å². The Morgan fingerprint density at radius 1 is 0.432 bits per heavy atom. The zero-order valence-corrected chi connectivity index (χ0v) is 30.5. The van der Waals surface area contributed by atoms with Gasteiger partial charge in [-0.15, -0.1) is 0 Å². The Hall–Kier alpha value is -0.640. The van der Waals surface area contributed by atoms with E-state index in [1.54, 1.807) is 0 Å². The van der Waals surface area contributed by atoms with Gasteiger partial charge in [-0.3, -0.25) is 0 Å². The molecule has 0 aromatic heterocycles. The fourth-order valence-corrected chi connectivity index (χ4v) is 6.48. The zero-order chi connectivity index (χ0) is 31.8. The molecule has 3 atom stereocenters. The van der Waals surface area contributed by atoms with Crippen molar-refractivity contribution in [2.75, 3.05) is 20.6 Å². The molecule has 0 aliphatic carbocycles. The Morgan fingerprint density at radius 3 is 1.23 bits per heavy atom. The molecule has 0 aromatic carbocycles. The van der Waals surface area contributed by atoms with Crippen LogP contribution >= 0.6 is 0 Å². The Morgan fingerprint density at radius 2 is 0.795 bits per heavy atom. The number of hydrogen-bond donors (Lipinski definition) is 0. The van der Waals surface area contributed by atoms with Crippen LogP contribution in [0.5, 0.6) is 0 Å². The summed E-state index contributed by atoms with van der Waals surface area (Å²) in [6, 6.07) is 0. The molecule has 0 saturated carbocycles. The summed E-state index contributed by atoms with van der Waals surface area (Å²) in [6.45, 7) is 5.61. The van der Waals surface area contributed by atoms with Crippen LogP contribution in [-0.2, 0) is 9.47 Å². The molecule has 1 aliphatic heterocycles. The van der Waals surface area contributed by atoms with E-state index in [-0.39, 0.29) is 6.29 Å². The van der Waals surface area contributed by atoms with Gasteiger partial charge >= 0.3 is 0 Å². The molecule has 1 heterocycles. The molecule has 3 nitrogen and oxygen atoms in total. The Balaban J connectivity index is 2.08. The van der Waals surface area contributed by atoms with Gasteiger partial charge in [0.1, 0.15) is 0 Å². The van der Waals surface area contributed by atoms with Crippen LogP contribution in [0, 0.1) is 0 Å². The van der Waals surface area contributed by atoms with Crippen molar-refractivity contribution in [2.24, 2.45) is 0 Å². The van der Waals surface area contributed by atoms with E-state index in [9.17, 15) is 0 Å². The molecular formula is C41H79NO2. The molecule has 1 rings (SSSR count). The third-order valence-electron chi connectivity index (χ3n) is 9.41. The number of ether oxygens (including phenoxy) is 2. The minimum Gasteiger partial charge on any atom is -0.347 e. The van der Waals surface area contributed by atoms with Crippen LogP contribution in [0.1, 0.15) is 200 Å². The van der Waals surface area contributed by atoms with Crippen LogP contribution in [-0.4, -0.2) is 44.0 Å². The molecule has 44 heavy (non-hydrogen) atoms. The van der Waals surface area contributed by atoms with E-state index in [2.05, 4.69) is 57.1 Å². The summed E-state index contributed by atoms with van der Waals surface area (Å²) in [4.78, 5) is 2.24. The van der Waals surface area contributed by atoms with Crippen LogP contribution in [0.4, 0.5) is 0 Å². The number of unbranched alkanes of at least 4 members (excludes halogenated alkanes) is 22. The molecule has 3 unspecified atom stereocenters. The standard InChI is InChI=1S/C41H79NO2/c1-5-7-9-11-13-15-17-19-21-23-25-27-29-31-33-35-39-40(44-41(43-39)37-38-42(3)4)36-34-32-30-28-26-24-22-20-18-16-14-12-10-8-6-2/h13,15,19,21,39-41H,5-12,14,16-18,20,22-38H2,1-4H3/b15-13-,21-19-. The average Bonchev–Trinajstić information content (AvgIpc) is 3.41. The Kier molecular flexibility index (Phi) is 30.4. The molecule has 1 saturated heterocycles. The van der Waals surface area contributed by atoms with Crippen molar-refractivity contribution in [2.45, 2.75) is 219 Å². The maximum atomic E-state index is 6.46. The minimum absolute atomic E-state index is 0.00159. The largest absolute Gasteiger partial charge is 0.347 e. The second kappa shape index (κ2) is 32.3. The zero-order valence-electron chi connectivity index (χ0n) is 30.5. The quantitative estimate of drug-likeness (QED) is 0.0540. The summed E-state index contributed by atoms with van der Waals surface area (Å²) in [5.41, 5.74) is 0. The predicted octanol–water partition coefficient (Wildman–Crippen LogP) is 13.1. The minimum atomic E-state index is 0.00159. The summed E-state index contributed by atoms with van der Waals surface area (Å²) in [6.07, 6.45) is 49.0. The molecule has 0 N–H and O–H groups in total. The third kappa shape index (κ3) is 26.6. The molecule has 1 aliphatic rings. The number of nitrogens with zero attached hydrogens (tertiary/aromatic N) is 1. The molecule has 260 valence electrons. The first-order chi connectivity index (χ1) is 21.7. The first-order valence-electron chi connectivity index (χ1n) is 19.9. The van der Waals surface area contributed by atoms with Gasteiger partial charge < -0.3 is 14.4 Å². The van der Waals surface area contributed by atoms with E-state index in [4.69, 9.17) is 9.47 Å². The normalized spacial score (nSPS) is 19.0. The van der Waals surface area contributed by atoms with Crippen molar-refractivity contribution < 1.29 is 9.47 Å². The van der Waals surface area contributed by atoms with Gasteiger partial charge in [0, 0.05) is 13.0 Å². The summed E-state index contributed by atoms with van der Waals surface area (Å²) in [7, 11) is 4.28. The molecule has 0 spiro atoms. The fourth-order valence-electron chi connectivity index (χ4n) is 6.48. The lowest BCUT2D eigenvalue weighted by molar-refractivity contribution is -0.0743. The molecule has 0 radical (unpaired) electrons. The van der Waals surface area contributed by atoms with E-state index in [0.717, 1.165) is 19.4 Å². The van der Waals surface area contributed by atoms with Gasteiger partial charge in [0.25, 0.3) is 0 Å². The third-order valence-corrected chi connectivity index (χ3v) is 9.41. The van der Waals surface area contributed by atoms with Gasteiger partial charge in [-0.05, 0) is 59.0 Å². The maximum absolute atomic E-state index is 6.46. The number of allylic oxidation sites excluding steroid dienone is 4. The number of rotatable bonds is 33. The fraction of sp³-hybridized carbons (Fsp3) is 0.902. The maximum Gasteiger partial charge on any atom is 0.159 e. The second-order valence-corrected chi connectivity index (χ2v) is 14.1. The van der Waals surface area contributed by atoms with Crippen molar-refractivity contribution in [3.63, 3.8) is 0 Å². The van der Waals surface area contributed by atoms with Gasteiger partial charge in [-0.2, -0.15) is 0 Å². The first kappa shape index (κ1) is 41.4. The van der Waals surface area contributed by atoms with Crippen LogP contribution in [0.25, 0.3) is 0 Å². The molecule has 3 heteroatoms. The lowest BCUT2D eigenvalue weighted by atomic mass is 9.99. The van der Waals surface area contributed by atoms with Crippen molar-refractivity contribution in [1.29, 1.82) is 0 Å². The van der Waals surface area contributed by atoms with Crippen LogP contribution in [0.15, 0.2) is 24.3 Å². The highest BCUT2D eigenvalue weighted by atomic mass is 16.7. The van der Waals surface area contributed by atoms with Crippen LogP contribution < -0.4 is 0 Å². The van der Waals surface area contributed by atoms with Crippen molar-refractivity contribution >= 4 is 0 Å². The number of hydrogen-bond acceptors (Lipinski definition) is 3. The first-order valence-corrected chi connectivity index (χ1v) is 19.9. The van der Waals surface area contributed by atoms with Gasteiger partial charge in [0.05, 0.1) is 12.2 Å². The predicted molar refractivity (Wildman–Crippen MR) is 196 cm³/mol. The monoisotopic (exact) mass is 618 g/mol. The van der Waals surface area contributed by atoms with Crippen LogP contribution in [0.2, 0.25) is 0 Å². The van der Waals surface area contributed by atoms with E-state index >= 15 is 0 Å². The SMILES string of the molecule is CCCCC/C=C\C/C=C\CCCCCCCC1OC(CCN(C)C)OC1CCCCCCCCCCCCCCCCC. The smallest absolute Gasteiger partial charge is 0.159 e. The van der Waals surface area contributed by atoms with Crippen molar-refractivity contribution in [3.05, 3.63) is 24.3 Å². The molecule has 0 bridgehead atoms. The van der Waals surface area contributed by atoms with Crippen molar-refractivity contribution in [1.82, 2.24) is 4.90 Å². The van der Waals surface area contributed by atoms with Gasteiger partial charge in [-0.1, -0.05) is 173 Å². The van der Waals surface area contributed by atoms with E-state index < -0.39 is 0 Å². The molecule has 0 amide bonds. The summed E-state index contributed by atoms with van der Waals surface area (Å²) in [5, 5.41) is 0. The van der Waals surface area contributed by atoms with Gasteiger partial charge in [0.2, 0.25) is 0 Å². The Bertz CT molecular complexity index is 630. The van der Waals surface area contributed by atoms with Gasteiger partial charge in [0.15, 0.2) is 6.29 Å². The molecular weight excluding hydrogens is 538 g/mol. The van der Waals surface area contributed by atoms with E-state index in [0.29, 0.717) is 12.2 Å². The Labute approximate surface area is 277 Å². The highest BCUT2D eigenvalue weighted by molar-refractivity contribution is 4.92. The lowest BCUT2D eigenvalue weighted by Crippen LogP contribution is -2.22. The van der Waals surface area contributed by atoms with E-state index in [1.165, 1.54) is 173 Å². The lowest BCUT2D eigenvalue weighted by Gasteiger charge is -2.16. The van der Waals surface area contributed by atoms with Crippen LogP contribution in [0.3, 0.4) is 0 Å². The van der Waals surface area contributed by atoms with Crippen molar-refractivity contribution in [3.8, 4) is 0 Å². The second-order valence-electron chi connectivity index (χ2n) is 14.1. The summed E-state index contributed by atoms with van der Waals surface area (Å²) < 4.78 is 12.9.